The Morgan fingerprint density at radius 1 is 1.12 bits per heavy atom. The molecule has 2 nitrogen and oxygen atoms in total. The maximum absolute atomic E-state index is 5.56. The highest BCUT2D eigenvalue weighted by molar-refractivity contribution is 5.28. The molecule has 0 bridgehead atoms. The molecule has 2 heteroatoms. The third-order valence-electron chi connectivity index (χ3n) is 7.22. The summed E-state index contributed by atoms with van der Waals surface area (Å²) in [6.07, 6.45) is 10.7. The third kappa shape index (κ3) is 4.27. The molecular formula is C23H37NO. The van der Waals surface area contributed by atoms with Gasteiger partial charge in [0.2, 0.25) is 0 Å². The molecule has 1 unspecified atom stereocenters. The lowest BCUT2D eigenvalue weighted by molar-refractivity contribution is 0.0436. The van der Waals surface area contributed by atoms with Crippen LogP contribution in [0.3, 0.4) is 0 Å². The van der Waals surface area contributed by atoms with Gasteiger partial charge in [-0.05, 0) is 78.2 Å². The monoisotopic (exact) mass is 343 g/mol. The van der Waals surface area contributed by atoms with Crippen molar-refractivity contribution in [2.45, 2.75) is 78.1 Å². The number of nitrogens with zero attached hydrogens (tertiary/aromatic N) is 1. The van der Waals surface area contributed by atoms with Gasteiger partial charge in [0.25, 0.3) is 0 Å². The molecule has 140 valence electrons. The van der Waals surface area contributed by atoms with Gasteiger partial charge in [-0.15, -0.1) is 0 Å². The molecule has 1 aromatic heterocycles. The van der Waals surface area contributed by atoms with Gasteiger partial charge in [0, 0.05) is 25.6 Å². The van der Waals surface area contributed by atoms with Crippen LogP contribution in [0.15, 0.2) is 18.5 Å². The number of pyridine rings is 1. The van der Waals surface area contributed by atoms with Crippen molar-refractivity contribution in [2.75, 3.05) is 13.2 Å². The van der Waals surface area contributed by atoms with E-state index >= 15 is 0 Å². The Bertz CT molecular complexity index is 553. The summed E-state index contributed by atoms with van der Waals surface area (Å²) in [5.41, 5.74) is 3.04. The van der Waals surface area contributed by atoms with Crippen molar-refractivity contribution in [3.63, 3.8) is 0 Å². The van der Waals surface area contributed by atoms with E-state index in [2.05, 4.69) is 58.1 Å². The van der Waals surface area contributed by atoms with Crippen LogP contribution in [0.2, 0.25) is 0 Å². The quantitative estimate of drug-likeness (QED) is 0.635. The van der Waals surface area contributed by atoms with Crippen molar-refractivity contribution in [1.29, 1.82) is 0 Å². The molecule has 0 amide bonds. The normalized spacial score (nSPS) is 26.5. The minimum Gasteiger partial charge on any atom is -0.381 e. The van der Waals surface area contributed by atoms with Crippen molar-refractivity contribution in [3.8, 4) is 0 Å². The summed E-state index contributed by atoms with van der Waals surface area (Å²) in [6, 6.07) is 2.45. The molecule has 1 saturated carbocycles. The number of aromatic nitrogens is 1. The number of hydrogen-bond acceptors (Lipinski definition) is 2. The molecule has 2 fully saturated rings. The highest BCUT2D eigenvalue weighted by Crippen LogP contribution is 2.44. The fourth-order valence-electron chi connectivity index (χ4n) is 4.89. The van der Waals surface area contributed by atoms with Gasteiger partial charge >= 0.3 is 0 Å². The number of hydrogen-bond donors (Lipinski definition) is 0. The molecule has 0 spiro atoms. The van der Waals surface area contributed by atoms with Gasteiger partial charge in [-0.1, -0.05) is 40.7 Å². The molecule has 3 rings (SSSR count). The summed E-state index contributed by atoms with van der Waals surface area (Å²) < 4.78 is 5.56. The maximum atomic E-state index is 5.56. The van der Waals surface area contributed by atoms with E-state index in [-0.39, 0.29) is 5.41 Å². The summed E-state index contributed by atoms with van der Waals surface area (Å²) in [4.78, 5) is 4.63. The van der Waals surface area contributed by atoms with Gasteiger partial charge in [0.1, 0.15) is 0 Å². The lowest BCUT2D eigenvalue weighted by Crippen LogP contribution is -2.33. The number of ether oxygens (including phenoxy) is 1. The van der Waals surface area contributed by atoms with Crippen LogP contribution in [0.25, 0.3) is 0 Å². The second kappa shape index (κ2) is 7.78. The fourth-order valence-corrected chi connectivity index (χ4v) is 4.89. The van der Waals surface area contributed by atoms with Gasteiger partial charge in [-0.25, -0.2) is 0 Å². The van der Waals surface area contributed by atoms with E-state index in [1.54, 1.807) is 0 Å². The van der Waals surface area contributed by atoms with E-state index in [1.165, 1.54) is 43.2 Å². The largest absolute Gasteiger partial charge is 0.381 e. The zero-order valence-corrected chi connectivity index (χ0v) is 16.9. The second-order valence-corrected chi connectivity index (χ2v) is 9.59. The molecule has 0 aromatic carbocycles. The van der Waals surface area contributed by atoms with Crippen LogP contribution in [0.5, 0.6) is 0 Å². The molecule has 1 aliphatic heterocycles. The molecule has 2 heterocycles. The standard InChI is InChI=1S/C23H37NO/c1-16(2)19-11-18(12-19)10-17(3)20-13-22(15-24-14-20)23(4,5)21-6-8-25-9-7-21/h13-19,21H,6-12H2,1-5H3. The van der Waals surface area contributed by atoms with E-state index in [9.17, 15) is 0 Å². The van der Waals surface area contributed by atoms with Crippen LogP contribution >= 0.6 is 0 Å². The first-order chi connectivity index (χ1) is 11.9. The molecule has 1 aromatic rings. The van der Waals surface area contributed by atoms with Crippen molar-refractivity contribution in [1.82, 2.24) is 4.98 Å². The minimum absolute atomic E-state index is 0.186. The van der Waals surface area contributed by atoms with Crippen LogP contribution in [-0.2, 0) is 10.2 Å². The Balaban J connectivity index is 1.64. The predicted molar refractivity (Wildman–Crippen MR) is 105 cm³/mol. The van der Waals surface area contributed by atoms with E-state index < -0.39 is 0 Å². The van der Waals surface area contributed by atoms with Crippen LogP contribution in [0.1, 0.15) is 83.8 Å². The lowest BCUT2D eigenvalue weighted by atomic mass is 9.66. The minimum atomic E-state index is 0.186. The summed E-state index contributed by atoms with van der Waals surface area (Å²) >= 11 is 0. The molecule has 0 N–H and O–H groups in total. The SMILES string of the molecule is CC(CC1CC(C(C)C)C1)c1cncc(C(C)(C)C2CCOCC2)c1. The Morgan fingerprint density at radius 3 is 2.44 bits per heavy atom. The highest BCUT2D eigenvalue weighted by Gasteiger charge is 2.34. The van der Waals surface area contributed by atoms with Gasteiger partial charge in [-0.3, -0.25) is 4.98 Å². The van der Waals surface area contributed by atoms with Crippen molar-refractivity contribution < 1.29 is 4.74 Å². The smallest absolute Gasteiger partial charge is 0.0469 e. The molecule has 25 heavy (non-hydrogen) atoms. The van der Waals surface area contributed by atoms with Crippen molar-refractivity contribution in [3.05, 3.63) is 29.6 Å². The van der Waals surface area contributed by atoms with E-state index in [0.717, 1.165) is 31.0 Å². The average molecular weight is 344 g/mol. The van der Waals surface area contributed by atoms with Crippen LogP contribution in [0, 0.1) is 23.7 Å². The first-order valence-corrected chi connectivity index (χ1v) is 10.4. The zero-order valence-electron chi connectivity index (χ0n) is 16.9. The molecule has 1 atom stereocenters. The van der Waals surface area contributed by atoms with E-state index in [4.69, 9.17) is 4.74 Å². The van der Waals surface area contributed by atoms with Gasteiger partial charge < -0.3 is 4.74 Å². The third-order valence-corrected chi connectivity index (χ3v) is 7.22. The highest BCUT2D eigenvalue weighted by atomic mass is 16.5. The Labute approximate surface area is 154 Å². The fraction of sp³-hybridized carbons (Fsp3) is 0.783. The van der Waals surface area contributed by atoms with Crippen LogP contribution < -0.4 is 0 Å². The lowest BCUT2D eigenvalue weighted by Gasteiger charge is -2.40. The second-order valence-electron chi connectivity index (χ2n) is 9.59. The number of rotatable bonds is 6. The van der Waals surface area contributed by atoms with Crippen molar-refractivity contribution in [2.24, 2.45) is 23.7 Å². The summed E-state index contributed by atoms with van der Waals surface area (Å²) in [5, 5.41) is 0. The van der Waals surface area contributed by atoms with E-state index in [1.807, 2.05) is 0 Å². The van der Waals surface area contributed by atoms with E-state index in [0.29, 0.717) is 11.8 Å². The first-order valence-electron chi connectivity index (χ1n) is 10.4. The van der Waals surface area contributed by atoms with Gasteiger partial charge in [0.05, 0.1) is 0 Å². The molecule has 1 aliphatic carbocycles. The summed E-state index contributed by atoms with van der Waals surface area (Å²) in [6.45, 7) is 13.8. The molecule has 1 saturated heterocycles. The molecular weight excluding hydrogens is 306 g/mol. The Morgan fingerprint density at radius 2 is 1.80 bits per heavy atom. The van der Waals surface area contributed by atoms with Crippen molar-refractivity contribution >= 4 is 0 Å². The first kappa shape index (κ1) is 18.9. The Hall–Kier alpha value is -0.890. The molecule has 2 aliphatic rings. The summed E-state index contributed by atoms with van der Waals surface area (Å²) in [7, 11) is 0. The Kier molecular flexibility index (Phi) is 5.88. The maximum Gasteiger partial charge on any atom is 0.0469 e. The molecule has 0 radical (unpaired) electrons. The summed E-state index contributed by atoms with van der Waals surface area (Å²) in [5.74, 6) is 4.07. The van der Waals surface area contributed by atoms with Crippen LogP contribution in [-0.4, -0.2) is 18.2 Å². The van der Waals surface area contributed by atoms with Gasteiger partial charge in [-0.2, -0.15) is 0 Å². The topological polar surface area (TPSA) is 22.1 Å². The zero-order chi connectivity index (χ0) is 18.0. The van der Waals surface area contributed by atoms with Gasteiger partial charge in [0.15, 0.2) is 0 Å². The average Bonchev–Trinajstić information content (AvgIpc) is 2.58. The predicted octanol–water partition coefficient (Wildman–Crippen LogP) is 5.96. The van der Waals surface area contributed by atoms with Crippen LogP contribution in [0.4, 0.5) is 0 Å².